The zero-order valence-electron chi connectivity index (χ0n) is 6.25. The molecule has 0 aliphatic carbocycles. The molecule has 0 bridgehead atoms. The van der Waals surface area contributed by atoms with Crippen LogP contribution in [0.5, 0.6) is 0 Å². The molecular formula is C8H12N2S. The number of thiol groups is 1. The third-order valence-electron chi connectivity index (χ3n) is 1.39. The third kappa shape index (κ3) is 2.35. The van der Waals surface area contributed by atoms with Gasteiger partial charge >= 0.3 is 0 Å². The van der Waals surface area contributed by atoms with Gasteiger partial charge < -0.3 is 11.1 Å². The Morgan fingerprint density at radius 1 is 1.36 bits per heavy atom. The molecule has 0 aliphatic rings. The molecule has 0 radical (unpaired) electrons. The number of hydrogen-bond donors (Lipinski definition) is 3. The molecule has 0 heterocycles. The van der Waals surface area contributed by atoms with E-state index in [-0.39, 0.29) is 0 Å². The van der Waals surface area contributed by atoms with Gasteiger partial charge in [-0.05, 0) is 12.1 Å². The summed E-state index contributed by atoms with van der Waals surface area (Å²) in [6, 6.07) is 7.71. The van der Waals surface area contributed by atoms with Gasteiger partial charge in [0.1, 0.15) is 0 Å². The quantitative estimate of drug-likeness (QED) is 0.474. The smallest absolute Gasteiger partial charge is 0.0574 e. The standard InChI is InChI=1S/C8H12N2S/c9-7-3-1-2-4-8(7)10-5-6-11/h1-4,10-11H,5-6,9H2. The van der Waals surface area contributed by atoms with Crippen molar-refractivity contribution < 1.29 is 0 Å². The molecule has 0 aliphatic heterocycles. The summed E-state index contributed by atoms with van der Waals surface area (Å²) in [7, 11) is 0. The van der Waals surface area contributed by atoms with E-state index in [0.29, 0.717) is 0 Å². The molecule has 0 saturated heterocycles. The molecule has 3 N–H and O–H groups in total. The van der Waals surface area contributed by atoms with Crippen molar-refractivity contribution in [2.45, 2.75) is 0 Å². The fourth-order valence-corrected chi connectivity index (χ4v) is 0.960. The molecule has 3 heteroatoms. The van der Waals surface area contributed by atoms with Gasteiger partial charge in [0, 0.05) is 12.3 Å². The first kappa shape index (κ1) is 8.27. The van der Waals surface area contributed by atoms with E-state index >= 15 is 0 Å². The molecule has 2 nitrogen and oxygen atoms in total. The third-order valence-corrected chi connectivity index (χ3v) is 1.61. The van der Waals surface area contributed by atoms with E-state index in [1.54, 1.807) is 0 Å². The normalized spacial score (nSPS) is 9.55. The minimum absolute atomic E-state index is 0.786. The molecule has 0 unspecified atom stereocenters. The first-order valence-electron chi connectivity index (χ1n) is 3.54. The van der Waals surface area contributed by atoms with E-state index in [1.807, 2.05) is 24.3 Å². The molecule has 0 saturated carbocycles. The first-order valence-corrected chi connectivity index (χ1v) is 4.17. The van der Waals surface area contributed by atoms with Gasteiger partial charge in [-0.25, -0.2) is 0 Å². The lowest BCUT2D eigenvalue weighted by Crippen LogP contribution is -2.04. The Hall–Kier alpha value is -0.830. The maximum absolute atomic E-state index is 5.67. The highest BCUT2D eigenvalue weighted by atomic mass is 32.1. The molecule has 11 heavy (non-hydrogen) atoms. The molecule has 1 aromatic carbocycles. The van der Waals surface area contributed by atoms with E-state index in [0.717, 1.165) is 23.7 Å². The Labute approximate surface area is 72.2 Å². The fraction of sp³-hybridized carbons (Fsp3) is 0.250. The number of hydrogen-bond acceptors (Lipinski definition) is 3. The summed E-state index contributed by atoms with van der Waals surface area (Å²) in [5.41, 5.74) is 7.45. The lowest BCUT2D eigenvalue weighted by Gasteiger charge is -2.06. The van der Waals surface area contributed by atoms with Crippen LogP contribution in [-0.2, 0) is 0 Å². The van der Waals surface area contributed by atoms with Crippen LogP contribution in [0.1, 0.15) is 0 Å². The predicted molar refractivity (Wildman–Crippen MR) is 53.2 cm³/mol. The SMILES string of the molecule is Nc1ccccc1NCCS. The van der Waals surface area contributed by atoms with E-state index in [4.69, 9.17) is 5.73 Å². The summed E-state index contributed by atoms with van der Waals surface area (Å²) >= 11 is 4.08. The van der Waals surface area contributed by atoms with Gasteiger partial charge in [-0.15, -0.1) is 0 Å². The van der Waals surface area contributed by atoms with Crippen molar-refractivity contribution in [1.29, 1.82) is 0 Å². The van der Waals surface area contributed by atoms with Crippen LogP contribution in [0, 0.1) is 0 Å². The Morgan fingerprint density at radius 2 is 2.09 bits per heavy atom. The maximum atomic E-state index is 5.67. The highest BCUT2D eigenvalue weighted by molar-refractivity contribution is 7.80. The Bertz CT molecular complexity index is 225. The van der Waals surface area contributed by atoms with Gasteiger partial charge in [0.2, 0.25) is 0 Å². The van der Waals surface area contributed by atoms with Crippen LogP contribution in [0.15, 0.2) is 24.3 Å². The number of rotatable bonds is 3. The number of benzene rings is 1. The zero-order valence-corrected chi connectivity index (χ0v) is 7.14. The number of anilines is 2. The number of nitrogens with two attached hydrogens (primary N) is 1. The van der Waals surface area contributed by atoms with Crippen LogP contribution in [-0.4, -0.2) is 12.3 Å². The monoisotopic (exact) mass is 168 g/mol. The largest absolute Gasteiger partial charge is 0.397 e. The highest BCUT2D eigenvalue weighted by Crippen LogP contribution is 2.15. The predicted octanol–water partition coefficient (Wildman–Crippen LogP) is 1.61. The van der Waals surface area contributed by atoms with Crippen LogP contribution >= 0.6 is 12.6 Å². The van der Waals surface area contributed by atoms with Crippen LogP contribution < -0.4 is 11.1 Å². The van der Waals surface area contributed by atoms with Crippen LogP contribution in [0.2, 0.25) is 0 Å². The summed E-state index contributed by atoms with van der Waals surface area (Å²) in [6.45, 7) is 0.845. The van der Waals surface area contributed by atoms with Crippen molar-refractivity contribution >= 4 is 24.0 Å². The number of nitrogens with one attached hydrogen (secondary N) is 1. The van der Waals surface area contributed by atoms with Crippen molar-refractivity contribution in [3.05, 3.63) is 24.3 Å². The number of nitrogen functional groups attached to an aromatic ring is 1. The Kier molecular flexibility index (Phi) is 3.11. The van der Waals surface area contributed by atoms with E-state index in [2.05, 4.69) is 17.9 Å². The summed E-state index contributed by atoms with van der Waals surface area (Å²) in [5, 5.41) is 3.16. The second-order valence-electron chi connectivity index (χ2n) is 2.24. The number of para-hydroxylation sites is 2. The molecule has 0 atom stereocenters. The van der Waals surface area contributed by atoms with Gasteiger partial charge in [-0.2, -0.15) is 12.6 Å². The Balaban J connectivity index is 2.62. The summed E-state index contributed by atoms with van der Waals surface area (Å²) < 4.78 is 0. The molecule has 1 aromatic rings. The lowest BCUT2D eigenvalue weighted by atomic mass is 10.3. The van der Waals surface area contributed by atoms with Crippen molar-refractivity contribution in [3.8, 4) is 0 Å². The lowest BCUT2D eigenvalue weighted by molar-refractivity contribution is 1.24. The molecule has 0 fully saturated rings. The molecule has 0 spiro atoms. The zero-order chi connectivity index (χ0) is 8.10. The van der Waals surface area contributed by atoms with Crippen molar-refractivity contribution in [1.82, 2.24) is 0 Å². The minimum atomic E-state index is 0.786. The van der Waals surface area contributed by atoms with Gasteiger partial charge in [0.25, 0.3) is 0 Å². The average Bonchev–Trinajstić information content (AvgIpc) is 2.03. The molecule has 0 amide bonds. The van der Waals surface area contributed by atoms with Crippen LogP contribution in [0.25, 0.3) is 0 Å². The van der Waals surface area contributed by atoms with Gasteiger partial charge in [0.05, 0.1) is 11.4 Å². The van der Waals surface area contributed by atoms with E-state index < -0.39 is 0 Å². The molecule has 60 valence electrons. The minimum Gasteiger partial charge on any atom is -0.397 e. The average molecular weight is 168 g/mol. The molecule has 1 rings (SSSR count). The molecular weight excluding hydrogens is 156 g/mol. The maximum Gasteiger partial charge on any atom is 0.0574 e. The van der Waals surface area contributed by atoms with Crippen molar-refractivity contribution in [2.75, 3.05) is 23.3 Å². The van der Waals surface area contributed by atoms with E-state index in [1.165, 1.54) is 0 Å². The highest BCUT2D eigenvalue weighted by Gasteiger charge is 1.93. The topological polar surface area (TPSA) is 38.0 Å². The Morgan fingerprint density at radius 3 is 2.73 bits per heavy atom. The van der Waals surface area contributed by atoms with E-state index in [9.17, 15) is 0 Å². The van der Waals surface area contributed by atoms with Gasteiger partial charge in [-0.3, -0.25) is 0 Å². The first-order chi connectivity index (χ1) is 5.34. The fourth-order valence-electron chi connectivity index (χ4n) is 0.849. The second-order valence-corrected chi connectivity index (χ2v) is 2.68. The molecule has 0 aromatic heterocycles. The summed E-state index contributed by atoms with van der Waals surface area (Å²) in [6.07, 6.45) is 0. The van der Waals surface area contributed by atoms with Crippen molar-refractivity contribution in [3.63, 3.8) is 0 Å². The van der Waals surface area contributed by atoms with Crippen LogP contribution in [0.3, 0.4) is 0 Å². The summed E-state index contributed by atoms with van der Waals surface area (Å²) in [4.78, 5) is 0. The summed E-state index contributed by atoms with van der Waals surface area (Å²) in [5.74, 6) is 0.814. The van der Waals surface area contributed by atoms with Gasteiger partial charge in [0.15, 0.2) is 0 Å². The van der Waals surface area contributed by atoms with Crippen molar-refractivity contribution in [2.24, 2.45) is 0 Å². The second kappa shape index (κ2) is 4.13. The van der Waals surface area contributed by atoms with Crippen LogP contribution in [0.4, 0.5) is 11.4 Å². The van der Waals surface area contributed by atoms with Gasteiger partial charge in [-0.1, -0.05) is 12.1 Å².